The zero-order valence-electron chi connectivity index (χ0n) is 17.3. The van der Waals surface area contributed by atoms with Gasteiger partial charge < -0.3 is 20.5 Å². The lowest BCUT2D eigenvalue weighted by Crippen LogP contribution is -2.21. The SMILES string of the molecule is CCOC(=O)c1c(NC(=O)COC(=O)c2cc(-c3ccccc3)cs2)sc(C(N)=O)c1C. The van der Waals surface area contributed by atoms with Gasteiger partial charge in [0.25, 0.3) is 11.8 Å². The van der Waals surface area contributed by atoms with E-state index in [1.54, 1.807) is 19.9 Å². The van der Waals surface area contributed by atoms with Gasteiger partial charge >= 0.3 is 11.9 Å². The van der Waals surface area contributed by atoms with Gasteiger partial charge in [0, 0.05) is 0 Å². The molecule has 0 aliphatic rings. The van der Waals surface area contributed by atoms with Crippen LogP contribution in [0.25, 0.3) is 11.1 Å². The van der Waals surface area contributed by atoms with Gasteiger partial charge in [0.05, 0.1) is 17.0 Å². The number of thiophene rings is 2. The van der Waals surface area contributed by atoms with E-state index in [9.17, 15) is 19.2 Å². The topological polar surface area (TPSA) is 125 Å². The Morgan fingerprint density at radius 1 is 1.03 bits per heavy atom. The van der Waals surface area contributed by atoms with Crippen molar-refractivity contribution >= 4 is 51.4 Å². The summed E-state index contributed by atoms with van der Waals surface area (Å²) in [6, 6.07) is 11.2. The number of anilines is 1. The second-order valence-corrected chi connectivity index (χ2v) is 8.47. The number of ether oxygens (including phenoxy) is 2. The molecular weight excluding hydrogens is 452 g/mol. The minimum absolute atomic E-state index is 0.0519. The molecule has 3 N–H and O–H groups in total. The molecule has 10 heteroatoms. The van der Waals surface area contributed by atoms with Crippen LogP contribution >= 0.6 is 22.7 Å². The minimum Gasteiger partial charge on any atom is -0.462 e. The highest BCUT2D eigenvalue weighted by Gasteiger charge is 2.26. The zero-order chi connectivity index (χ0) is 23.3. The largest absolute Gasteiger partial charge is 0.462 e. The van der Waals surface area contributed by atoms with E-state index >= 15 is 0 Å². The van der Waals surface area contributed by atoms with Crippen LogP contribution in [-0.2, 0) is 14.3 Å². The fourth-order valence-corrected chi connectivity index (χ4v) is 4.75. The van der Waals surface area contributed by atoms with E-state index in [-0.39, 0.29) is 22.0 Å². The number of nitrogens with two attached hydrogens (primary N) is 1. The van der Waals surface area contributed by atoms with E-state index in [1.165, 1.54) is 11.3 Å². The molecule has 1 aromatic carbocycles. The van der Waals surface area contributed by atoms with Crippen LogP contribution in [0.2, 0.25) is 0 Å². The lowest BCUT2D eigenvalue weighted by Gasteiger charge is -2.07. The third-order valence-corrected chi connectivity index (χ3v) is 6.48. The van der Waals surface area contributed by atoms with Gasteiger partial charge in [-0.1, -0.05) is 30.3 Å². The van der Waals surface area contributed by atoms with Crippen molar-refractivity contribution in [2.45, 2.75) is 13.8 Å². The van der Waals surface area contributed by atoms with E-state index in [2.05, 4.69) is 5.32 Å². The molecule has 0 unspecified atom stereocenters. The van der Waals surface area contributed by atoms with Crippen molar-refractivity contribution in [2.24, 2.45) is 5.73 Å². The number of primary amides is 1. The van der Waals surface area contributed by atoms with Gasteiger partial charge in [-0.3, -0.25) is 9.59 Å². The van der Waals surface area contributed by atoms with E-state index in [1.807, 2.05) is 35.7 Å². The average molecular weight is 473 g/mol. The van der Waals surface area contributed by atoms with E-state index in [0.717, 1.165) is 22.5 Å². The van der Waals surface area contributed by atoms with Gasteiger partial charge in [-0.2, -0.15) is 0 Å². The molecule has 0 bridgehead atoms. The van der Waals surface area contributed by atoms with Crippen LogP contribution in [-0.4, -0.2) is 37.0 Å². The molecule has 0 saturated heterocycles. The first-order chi connectivity index (χ1) is 15.3. The quantitative estimate of drug-likeness (QED) is 0.480. The molecule has 0 atom stereocenters. The normalized spacial score (nSPS) is 10.4. The van der Waals surface area contributed by atoms with Crippen LogP contribution in [0.4, 0.5) is 5.00 Å². The van der Waals surface area contributed by atoms with Crippen LogP contribution in [0.1, 0.15) is 42.2 Å². The molecule has 166 valence electrons. The zero-order valence-corrected chi connectivity index (χ0v) is 18.9. The van der Waals surface area contributed by atoms with Crippen molar-refractivity contribution in [3.05, 3.63) is 62.7 Å². The van der Waals surface area contributed by atoms with E-state index < -0.39 is 30.4 Å². The Balaban J connectivity index is 1.67. The van der Waals surface area contributed by atoms with Crippen molar-refractivity contribution in [3.8, 4) is 11.1 Å². The van der Waals surface area contributed by atoms with Crippen LogP contribution < -0.4 is 11.1 Å². The maximum Gasteiger partial charge on any atom is 0.348 e. The molecule has 0 aliphatic heterocycles. The fourth-order valence-electron chi connectivity index (χ4n) is 2.88. The Hall–Kier alpha value is -3.50. The standard InChI is InChI=1S/C22H20N2O6S2/c1-3-29-22(28)17-12(2)18(19(23)26)32-20(17)24-16(25)10-30-21(27)15-9-14(11-31-15)13-7-5-4-6-8-13/h4-9,11H,3,10H2,1-2H3,(H2,23,26)(H,24,25). The molecule has 2 aromatic heterocycles. The predicted octanol–water partition coefficient (Wildman–Crippen LogP) is 3.86. The summed E-state index contributed by atoms with van der Waals surface area (Å²) < 4.78 is 10.1. The number of carbonyl (C=O) groups excluding carboxylic acids is 4. The summed E-state index contributed by atoms with van der Waals surface area (Å²) in [5.41, 5.74) is 7.56. The summed E-state index contributed by atoms with van der Waals surface area (Å²) in [4.78, 5) is 49.1. The van der Waals surface area contributed by atoms with E-state index in [4.69, 9.17) is 15.2 Å². The molecule has 0 radical (unpaired) electrons. The Morgan fingerprint density at radius 2 is 1.75 bits per heavy atom. The van der Waals surface area contributed by atoms with Gasteiger partial charge in [-0.15, -0.1) is 22.7 Å². The van der Waals surface area contributed by atoms with Crippen LogP contribution in [0.5, 0.6) is 0 Å². The molecule has 0 spiro atoms. The number of hydrogen-bond acceptors (Lipinski definition) is 8. The Kier molecular flexibility index (Phi) is 7.39. The van der Waals surface area contributed by atoms with Crippen LogP contribution in [0.15, 0.2) is 41.8 Å². The summed E-state index contributed by atoms with van der Waals surface area (Å²) >= 11 is 2.07. The first-order valence-corrected chi connectivity index (χ1v) is 11.2. The first-order valence-electron chi connectivity index (χ1n) is 9.53. The second kappa shape index (κ2) is 10.2. The third-order valence-electron chi connectivity index (χ3n) is 4.35. The molecule has 32 heavy (non-hydrogen) atoms. The van der Waals surface area contributed by atoms with Gasteiger partial charge in [0.1, 0.15) is 9.88 Å². The lowest BCUT2D eigenvalue weighted by atomic mass is 10.1. The third kappa shape index (κ3) is 5.21. The Labute approximate surface area is 192 Å². The summed E-state index contributed by atoms with van der Waals surface area (Å²) in [6.45, 7) is 2.74. The number of carbonyl (C=O) groups is 4. The molecule has 3 aromatic rings. The van der Waals surface area contributed by atoms with Gasteiger partial charge in [-0.05, 0) is 42.0 Å². The predicted molar refractivity (Wildman–Crippen MR) is 122 cm³/mol. The maximum absolute atomic E-state index is 12.4. The summed E-state index contributed by atoms with van der Waals surface area (Å²) in [7, 11) is 0. The van der Waals surface area contributed by atoms with Gasteiger partial charge in [0.2, 0.25) is 0 Å². The Bertz CT molecular complexity index is 1170. The van der Waals surface area contributed by atoms with Gasteiger partial charge in [-0.25, -0.2) is 9.59 Å². The number of rotatable bonds is 8. The molecule has 0 saturated carbocycles. The highest BCUT2D eigenvalue weighted by Crippen LogP contribution is 2.33. The highest BCUT2D eigenvalue weighted by atomic mass is 32.1. The summed E-state index contributed by atoms with van der Waals surface area (Å²) in [6.07, 6.45) is 0. The van der Waals surface area contributed by atoms with Crippen molar-refractivity contribution < 1.29 is 28.7 Å². The maximum atomic E-state index is 12.4. The number of hydrogen-bond donors (Lipinski definition) is 2. The fraction of sp³-hybridized carbons (Fsp3) is 0.182. The molecule has 0 aliphatic carbocycles. The highest BCUT2D eigenvalue weighted by molar-refractivity contribution is 7.18. The molecule has 0 fully saturated rings. The van der Waals surface area contributed by atoms with Crippen LogP contribution in [0, 0.1) is 6.92 Å². The van der Waals surface area contributed by atoms with Crippen molar-refractivity contribution in [3.63, 3.8) is 0 Å². The van der Waals surface area contributed by atoms with Gasteiger partial charge in [0.15, 0.2) is 6.61 Å². The molecular formula is C22H20N2O6S2. The van der Waals surface area contributed by atoms with Crippen molar-refractivity contribution in [1.29, 1.82) is 0 Å². The number of amides is 2. The monoisotopic (exact) mass is 472 g/mol. The Morgan fingerprint density at radius 3 is 2.41 bits per heavy atom. The second-order valence-electron chi connectivity index (χ2n) is 6.53. The molecule has 3 rings (SSSR count). The minimum atomic E-state index is -0.725. The van der Waals surface area contributed by atoms with E-state index in [0.29, 0.717) is 10.4 Å². The van der Waals surface area contributed by atoms with Crippen molar-refractivity contribution in [1.82, 2.24) is 0 Å². The number of benzene rings is 1. The van der Waals surface area contributed by atoms with Crippen LogP contribution in [0.3, 0.4) is 0 Å². The molecule has 8 nitrogen and oxygen atoms in total. The summed E-state index contributed by atoms with van der Waals surface area (Å²) in [5, 5.41) is 4.44. The first kappa shape index (κ1) is 23.2. The summed E-state index contributed by atoms with van der Waals surface area (Å²) in [5.74, 6) is -2.72. The van der Waals surface area contributed by atoms with Crippen molar-refractivity contribution in [2.75, 3.05) is 18.5 Å². The number of esters is 2. The average Bonchev–Trinajstić information content (AvgIpc) is 3.38. The molecule has 2 amide bonds. The smallest absolute Gasteiger partial charge is 0.348 e. The number of nitrogens with one attached hydrogen (secondary N) is 1. The lowest BCUT2D eigenvalue weighted by molar-refractivity contribution is -0.119. The molecule has 2 heterocycles.